The third kappa shape index (κ3) is 6.83. The third-order valence-corrected chi connectivity index (χ3v) is 10.2. The molecule has 5 heteroatoms. The van der Waals surface area contributed by atoms with Crippen LogP contribution in [0.5, 0.6) is 0 Å². The van der Waals surface area contributed by atoms with Crippen LogP contribution in [0.3, 0.4) is 0 Å². The Balaban J connectivity index is 1.15. The summed E-state index contributed by atoms with van der Waals surface area (Å²) in [5.41, 5.74) is 11.0. The van der Waals surface area contributed by atoms with E-state index >= 15 is 0 Å². The van der Waals surface area contributed by atoms with Gasteiger partial charge in [-0.15, -0.1) is 0 Å². The van der Waals surface area contributed by atoms with E-state index in [1.54, 1.807) is 0 Å². The minimum absolute atomic E-state index is 0.505. The molecule has 0 saturated carbocycles. The van der Waals surface area contributed by atoms with Crippen molar-refractivity contribution >= 4 is 67.7 Å². The first-order chi connectivity index (χ1) is 28.2. The molecule has 2 heterocycles. The van der Waals surface area contributed by atoms with Crippen molar-refractivity contribution in [3.63, 3.8) is 0 Å². The van der Waals surface area contributed by atoms with Gasteiger partial charge in [0.05, 0.1) is 11.0 Å². The molecule has 0 aliphatic heterocycles. The molecule has 0 atom stereocenters. The van der Waals surface area contributed by atoms with Crippen LogP contribution in [0, 0.1) is 0 Å². The molecule has 272 valence electrons. The van der Waals surface area contributed by atoms with E-state index in [-0.39, 0.29) is 0 Å². The Morgan fingerprint density at radius 2 is 1.25 bits per heavy atom. The predicted octanol–water partition coefficient (Wildman–Crippen LogP) is 13.4. The minimum Gasteiger partial charge on any atom is -0.455 e. The van der Waals surface area contributed by atoms with E-state index in [9.17, 15) is 0 Å². The number of aliphatic imine (C=N–C) groups is 3. The van der Waals surface area contributed by atoms with Crippen LogP contribution in [-0.4, -0.2) is 23.0 Å². The highest BCUT2D eigenvalue weighted by Crippen LogP contribution is 2.39. The number of hydrogen-bond acceptors (Lipinski definition) is 2. The maximum atomic E-state index is 6.45. The molecule has 0 aliphatic carbocycles. The van der Waals surface area contributed by atoms with Crippen LogP contribution in [0.2, 0.25) is 0 Å². The summed E-state index contributed by atoms with van der Waals surface area (Å²) in [6.07, 6.45) is 9.99. The average Bonchev–Trinajstić information content (AvgIpc) is 3.82. The lowest BCUT2D eigenvalue weighted by Gasteiger charge is -2.11. The van der Waals surface area contributed by atoms with Crippen LogP contribution in [0.4, 0.5) is 0 Å². The number of benzene rings is 7. The molecular weight excluding hydrogens is 697 g/mol. The molecule has 0 N–H and O–H groups in total. The van der Waals surface area contributed by atoms with Gasteiger partial charge in [0, 0.05) is 55.7 Å². The zero-order valence-electron chi connectivity index (χ0n) is 31.5. The second-order valence-corrected chi connectivity index (χ2v) is 13.7. The molecule has 0 radical (unpaired) electrons. The lowest BCUT2D eigenvalue weighted by atomic mass is 10.0. The molecule has 7 aromatic carbocycles. The van der Waals surface area contributed by atoms with E-state index in [1.165, 1.54) is 10.8 Å². The summed E-state index contributed by atoms with van der Waals surface area (Å²) in [6, 6.07) is 58.4. The summed E-state index contributed by atoms with van der Waals surface area (Å²) in [6.45, 7) is 5.81. The van der Waals surface area contributed by atoms with Gasteiger partial charge in [-0.2, -0.15) is 0 Å². The average molecular weight is 735 g/mol. The fourth-order valence-electron chi connectivity index (χ4n) is 7.44. The van der Waals surface area contributed by atoms with Crippen molar-refractivity contribution in [3.8, 4) is 16.8 Å². The zero-order chi connectivity index (χ0) is 38.6. The van der Waals surface area contributed by atoms with Crippen molar-refractivity contribution in [1.82, 2.24) is 4.57 Å². The lowest BCUT2D eigenvalue weighted by molar-refractivity contribution is 0.670. The Morgan fingerprint density at radius 3 is 2.00 bits per heavy atom. The Bertz CT molecular complexity index is 3070. The van der Waals surface area contributed by atoms with E-state index in [1.807, 2.05) is 104 Å². The molecule has 0 unspecified atom stereocenters. The van der Waals surface area contributed by atoms with Crippen LogP contribution >= 0.6 is 0 Å². The first-order valence-corrected chi connectivity index (χ1v) is 19.0. The van der Waals surface area contributed by atoms with Crippen LogP contribution in [-0.2, 0) is 0 Å². The second kappa shape index (κ2) is 15.6. The summed E-state index contributed by atoms with van der Waals surface area (Å²) in [7, 11) is 0. The standard InChI is InChI=1S/C52H38N4O/c1-3-4-7-21-40(35-54-52(38-19-10-6-11-20-38)55-51(53-2)37-17-8-5-9-18-37)36-28-31-41(32-29-36)56-47-26-14-12-22-43(47)44-33-30-39(34-48(44)56)42-24-16-25-46-45-23-13-15-27-49(45)57-50(42)46/h3-35H,2H2,1H3/b4-3+,21-7-,40-35+,54-52-,55-51-. The van der Waals surface area contributed by atoms with Gasteiger partial charge < -0.3 is 8.98 Å². The maximum Gasteiger partial charge on any atom is 0.161 e. The van der Waals surface area contributed by atoms with E-state index in [0.29, 0.717) is 11.7 Å². The van der Waals surface area contributed by atoms with Crippen LogP contribution in [0.1, 0.15) is 23.6 Å². The Labute approximate surface area is 331 Å². The number of rotatable bonds is 8. The van der Waals surface area contributed by atoms with Crippen LogP contribution in [0.25, 0.3) is 66.1 Å². The molecule has 2 aromatic heterocycles. The highest BCUT2D eigenvalue weighted by atomic mass is 16.3. The minimum atomic E-state index is 0.505. The molecular formula is C52H38N4O. The molecule has 5 nitrogen and oxygen atoms in total. The van der Waals surface area contributed by atoms with Gasteiger partial charge in [-0.05, 0) is 55.1 Å². The molecule has 0 saturated heterocycles. The zero-order valence-corrected chi connectivity index (χ0v) is 31.5. The lowest BCUT2D eigenvalue weighted by Crippen LogP contribution is -2.04. The molecule has 0 spiro atoms. The highest BCUT2D eigenvalue weighted by molar-refractivity contribution is 6.14. The van der Waals surface area contributed by atoms with Gasteiger partial charge in [0.25, 0.3) is 0 Å². The normalized spacial score (nSPS) is 12.9. The maximum absolute atomic E-state index is 6.45. The third-order valence-electron chi connectivity index (χ3n) is 10.2. The van der Waals surface area contributed by atoms with E-state index < -0.39 is 0 Å². The second-order valence-electron chi connectivity index (χ2n) is 13.7. The topological polar surface area (TPSA) is 55.1 Å². The molecule has 0 fully saturated rings. The predicted molar refractivity (Wildman–Crippen MR) is 241 cm³/mol. The van der Waals surface area contributed by atoms with Crippen molar-refractivity contribution in [2.45, 2.75) is 6.92 Å². The number of fused-ring (bicyclic) bond motifs is 6. The molecule has 9 rings (SSSR count). The quantitative estimate of drug-likeness (QED) is 0.0871. The molecule has 0 bridgehead atoms. The monoisotopic (exact) mass is 734 g/mol. The number of hydrogen-bond donors (Lipinski definition) is 0. The van der Waals surface area contributed by atoms with Gasteiger partial charge in [-0.1, -0.05) is 164 Å². The molecule has 9 aromatic rings. The Kier molecular flexibility index (Phi) is 9.61. The summed E-state index contributed by atoms with van der Waals surface area (Å²) in [5, 5.41) is 4.64. The first kappa shape index (κ1) is 35.1. The number of allylic oxidation sites excluding steroid dienone is 5. The van der Waals surface area contributed by atoms with Gasteiger partial charge in [0.15, 0.2) is 11.7 Å². The number of aromatic nitrogens is 1. The van der Waals surface area contributed by atoms with Gasteiger partial charge in [0.1, 0.15) is 11.2 Å². The molecule has 0 aliphatic rings. The van der Waals surface area contributed by atoms with Crippen molar-refractivity contribution in [2.24, 2.45) is 15.0 Å². The van der Waals surface area contributed by atoms with Crippen LogP contribution < -0.4 is 0 Å². The number of nitrogens with zero attached hydrogens (tertiary/aromatic N) is 4. The fraction of sp³-hybridized carbons (Fsp3) is 0.0192. The number of para-hydroxylation sites is 3. The highest BCUT2D eigenvalue weighted by Gasteiger charge is 2.16. The van der Waals surface area contributed by atoms with E-state index in [0.717, 1.165) is 72.0 Å². The Hall–Kier alpha value is -7.63. The summed E-state index contributed by atoms with van der Waals surface area (Å²) in [5.74, 6) is 1.04. The van der Waals surface area contributed by atoms with Gasteiger partial charge >= 0.3 is 0 Å². The van der Waals surface area contributed by atoms with E-state index in [2.05, 4.69) is 119 Å². The first-order valence-electron chi connectivity index (χ1n) is 19.0. The van der Waals surface area contributed by atoms with Crippen molar-refractivity contribution in [2.75, 3.05) is 0 Å². The smallest absolute Gasteiger partial charge is 0.161 e. The van der Waals surface area contributed by atoms with Crippen molar-refractivity contribution < 1.29 is 4.42 Å². The summed E-state index contributed by atoms with van der Waals surface area (Å²) >= 11 is 0. The van der Waals surface area contributed by atoms with Gasteiger partial charge in [-0.25, -0.2) is 15.0 Å². The van der Waals surface area contributed by atoms with Gasteiger partial charge in [-0.3, -0.25) is 0 Å². The molecule has 0 amide bonds. The number of amidine groups is 2. The number of furan rings is 1. The fourth-order valence-corrected chi connectivity index (χ4v) is 7.44. The van der Waals surface area contributed by atoms with E-state index in [4.69, 9.17) is 14.4 Å². The van der Waals surface area contributed by atoms with Gasteiger partial charge in [0.2, 0.25) is 0 Å². The largest absolute Gasteiger partial charge is 0.455 e. The van der Waals surface area contributed by atoms with Crippen molar-refractivity contribution in [1.29, 1.82) is 0 Å². The summed E-state index contributed by atoms with van der Waals surface area (Å²) in [4.78, 5) is 14.1. The van der Waals surface area contributed by atoms with Crippen LogP contribution in [0.15, 0.2) is 220 Å². The van der Waals surface area contributed by atoms with Crippen molar-refractivity contribution in [3.05, 3.63) is 217 Å². The Morgan fingerprint density at radius 1 is 0.579 bits per heavy atom. The molecule has 57 heavy (non-hydrogen) atoms. The summed E-state index contributed by atoms with van der Waals surface area (Å²) < 4.78 is 8.80. The SMILES string of the molecule is C=N\C(=N/C(=N\C=C(/C=C\C=C\C)c1ccc(-n2c3ccccc3c3ccc(-c4cccc5c4oc4ccccc45)cc32)cc1)c1ccccc1)c1ccccc1.